The third-order valence-corrected chi connectivity index (χ3v) is 7.73. The highest BCUT2D eigenvalue weighted by atomic mass is 14.7. The Morgan fingerprint density at radius 2 is 1.19 bits per heavy atom. The minimum Gasteiger partial charge on any atom is -0.265 e. The normalized spacial score (nSPS) is 13.4. The molecule has 0 saturated heterocycles. The standard InChI is InChI=1S/C35H26N2/c1-35(2)30-15-5-3-13-28(30)34-33(35)32(29-14-4-6-16-31(29)37-34)27-12-8-11-26(22-27)25-10-7-9-24(21-25)23-17-19-36-20-18-23/h3-22H,1-2H3. The van der Waals surface area contributed by atoms with Crippen LogP contribution in [0.1, 0.15) is 25.0 Å². The largest absolute Gasteiger partial charge is 0.265 e. The fraction of sp³-hybridized carbons (Fsp3) is 0.0857. The summed E-state index contributed by atoms with van der Waals surface area (Å²) >= 11 is 0. The number of hydrogen-bond acceptors (Lipinski definition) is 2. The van der Waals surface area contributed by atoms with Gasteiger partial charge in [0.05, 0.1) is 11.2 Å². The van der Waals surface area contributed by atoms with Crippen molar-refractivity contribution in [2.45, 2.75) is 19.3 Å². The minimum absolute atomic E-state index is 0.143. The van der Waals surface area contributed by atoms with E-state index in [1.54, 1.807) is 0 Å². The number of para-hydroxylation sites is 1. The van der Waals surface area contributed by atoms with E-state index in [0.29, 0.717) is 0 Å². The lowest BCUT2D eigenvalue weighted by molar-refractivity contribution is 0.662. The zero-order chi connectivity index (χ0) is 25.0. The van der Waals surface area contributed by atoms with Crippen LogP contribution < -0.4 is 0 Å². The Morgan fingerprint density at radius 3 is 1.97 bits per heavy atom. The van der Waals surface area contributed by atoms with Gasteiger partial charge in [-0.2, -0.15) is 0 Å². The molecule has 0 atom stereocenters. The van der Waals surface area contributed by atoms with Crippen LogP contribution in [0.5, 0.6) is 0 Å². The average Bonchev–Trinajstić information content (AvgIpc) is 3.19. The summed E-state index contributed by atoms with van der Waals surface area (Å²) in [5.74, 6) is 0. The first-order chi connectivity index (χ1) is 18.1. The second-order valence-corrected chi connectivity index (χ2v) is 10.3. The lowest BCUT2D eigenvalue weighted by atomic mass is 9.78. The molecule has 2 nitrogen and oxygen atoms in total. The number of benzene rings is 4. The van der Waals surface area contributed by atoms with Crippen LogP contribution in [0.15, 0.2) is 122 Å². The van der Waals surface area contributed by atoms with Gasteiger partial charge >= 0.3 is 0 Å². The maximum absolute atomic E-state index is 5.20. The average molecular weight is 475 g/mol. The first kappa shape index (κ1) is 21.7. The number of hydrogen-bond donors (Lipinski definition) is 0. The van der Waals surface area contributed by atoms with Crippen molar-refractivity contribution in [3.05, 3.63) is 133 Å². The van der Waals surface area contributed by atoms with Crippen LogP contribution in [-0.4, -0.2) is 9.97 Å². The van der Waals surface area contributed by atoms with E-state index in [9.17, 15) is 0 Å². The summed E-state index contributed by atoms with van der Waals surface area (Å²) in [4.78, 5) is 9.37. The van der Waals surface area contributed by atoms with E-state index in [-0.39, 0.29) is 5.41 Å². The molecule has 0 fully saturated rings. The number of aromatic nitrogens is 2. The zero-order valence-electron chi connectivity index (χ0n) is 20.9. The highest BCUT2D eigenvalue weighted by Gasteiger charge is 2.39. The van der Waals surface area contributed by atoms with Gasteiger partial charge in [-0.3, -0.25) is 4.98 Å². The maximum Gasteiger partial charge on any atom is 0.0759 e. The molecule has 7 rings (SSSR count). The van der Waals surface area contributed by atoms with E-state index in [1.807, 2.05) is 12.4 Å². The third kappa shape index (κ3) is 3.41. The molecule has 2 heteroatoms. The highest BCUT2D eigenvalue weighted by molar-refractivity contribution is 6.02. The van der Waals surface area contributed by atoms with Crippen molar-refractivity contribution in [3.63, 3.8) is 0 Å². The second-order valence-electron chi connectivity index (χ2n) is 10.3. The van der Waals surface area contributed by atoms with Crippen molar-refractivity contribution in [3.8, 4) is 44.6 Å². The van der Waals surface area contributed by atoms with E-state index in [4.69, 9.17) is 4.98 Å². The van der Waals surface area contributed by atoms with Crippen molar-refractivity contribution in [1.29, 1.82) is 0 Å². The van der Waals surface area contributed by atoms with Gasteiger partial charge in [0.1, 0.15) is 0 Å². The van der Waals surface area contributed by atoms with E-state index in [2.05, 4.69) is 128 Å². The summed E-state index contributed by atoms with van der Waals surface area (Å²) in [6.07, 6.45) is 3.69. The summed E-state index contributed by atoms with van der Waals surface area (Å²) in [7, 11) is 0. The second kappa shape index (κ2) is 8.25. The first-order valence-corrected chi connectivity index (χ1v) is 12.8. The molecule has 37 heavy (non-hydrogen) atoms. The Kier molecular flexibility index (Phi) is 4.84. The summed E-state index contributed by atoms with van der Waals surface area (Å²) in [5, 5.41) is 1.20. The molecule has 1 aliphatic carbocycles. The van der Waals surface area contributed by atoms with Gasteiger partial charge in [-0.05, 0) is 74.8 Å². The van der Waals surface area contributed by atoms with Crippen LogP contribution in [-0.2, 0) is 5.41 Å². The summed E-state index contributed by atoms with van der Waals surface area (Å²) in [5.41, 5.74) is 13.2. The molecule has 4 aromatic carbocycles. The predicted octanol–water partition coefficient (Wildman–Crippen LogP) is 8.94. The fourth-order valence-electron chi connectivity index (χ4n) is 5.96. The van der Waals surface area contributed by atoms with Crippen molar-refractivity contribution in [2.24, 2.45) is 0 Å². The molecule has 176 valence electrons. The summed E-state index contributed by atoms with van der Waals surface area (Å²) < 4.78 is 0. The molecule has 0 amide bonds. The van der Waals surface area contributed by atoms with Crippen molar-refractivity contribution in [1.82, 2.24) is 9.97 Å². The Hall–Kier alpha value is -4.56. The Balaban J connectivity index is 1.46. The molecule has 0 spiro atoms. The maximum atomic E-state index is 5.20. The molecule has 0 saturated carbocycles. The van der Waals surface area contributed by atoms with Crippen LogP contribution in [0, 0.1) is 0 Å². The number of rotatable bonds is 3. The quantitative estimate of drug-likeness (QED) is 0.256. The van der Waals surface area contributed by atoms with E-state index >= 15 is 0 Å². The molecule has 2 aromatic heterocycles. The van der Waals surface area contributed by atoms with Gasteiger partial charge in [-0.15, -0.1) is 0 Å². The predicted molar refractivity (Wildman–Crippen MR) is 153 cm³/mol. The molecule has 0 N–H and O–H groups in total. The molecular formula is C35H26N2. The molecule has 2 heterocycles. The Bertz CT molecular complexity index is 1800. The number of pyridine rings is 2. The van der Waals surface area contributed by atoms with Crippen molar-refractivity contribution >= 4 is 10.9 Å². The molecule has 0 unspecified atom stereocenters. The number of nitrogens with zero attached hydrogens (tertiary/aromatic N) is 2. The van der Waals surface area contributed by atoms with Gasteiger partial charge in [0.25, 0.3) is 0 Å². The smallest absolute Gasteiger partial charge is 0.0759 e. The Morgan fingerprint density at radius 1 is 0.568 bits per heavy atom. The van der Waals surface area contributed by atoms with Crippen molar-refractivity contribution < 1.29 is 0 Å². The first-order valence-electron chi connectivity index (χ1n) is 12.8. The SMILES string of the molecule is CC1(C)c2ccccc2-c2nc3ccccc3c(-c3cccc(-c4cccc(-c5ccncc5)c4)c3)c21. The van der Waals surface area contributed by atoms with Crippen LogP contribution in [0.4, 0.5) is 0 Å². The monoisotopic (exact) mass is 474 g/mol. The molecular weight excluding hydrogens is 448 g/mol. The fourth-order valence-corrected chi connectivity index (χ4v) is 5.96. The topological polar surface area (TPSA) is 25.8 Å². The molecule has 1 aliphatic rings. The van der Waals surface area contributed by atoms with Crippen LogP contribution in [0.3, 0.4) is 0 Å². The lowest BCUT2D eigenvalue weighted by Gasteiger charge is -2.25. The lowest BCUT2D eigenvalue weighted by Crippen LogP contribution is -2.16. The molecule has 0 radical (unpaired) electrons. The van der Waals surface area contributed by atoms with Crippen LogP contribution >= 0.6 is 0 Å². The van der Waals surface area contributed by atoms with Crippen molar-refractivity contribution in [2.75, 3.05) is 0 Å². The van der Waals surface area contributed by atoms with Crippen LogP contribution in [0.25, 0.3) is 55.5 Å². The summed E-state index contributed by atoms with van der Waals surface area (Å²) in [6.45, 7) is 4.67. The van der Waals surface area contributed by atoms with Crippen LogP contribution in [0.2, 0.25) is 0 Å². The minimum atomic E-state index is -0.143. The van der Waals surface area contributed by atoms with Gasteiger partial charge in [0.15, 0.2) is 0 Å². The third-order valence-electron chi connectivity index (χ3n) is 7.73. The van der Waals surface area contributed by atoms with E-state index < -0.39 is 0 Å². The van der Waals surface area contributed by atoms with Gasteiger partial charge in [-0.1, -0.05) is 92.7 Å². The highest BCUT2D eigenvalue weighted by Crippen LogP contribution is 2.53. The zero-order valence-corrected chi connectivity index (χ0v) is 20.9. The van der Waals surface area contributed by atoms with Gasteiger partial charge < -0.3 is 0 Å². The van der Waals surface area contributed by atoms with Gasteiger partial charge in [-0.25, -0.2) is 4.98 Å². The van der Waals surface area contributed by atoms with E-state index in [0.717, 1.165) is 11.2 Å². The number of fused-ring (bicyclic) bond motifs is 4. The van der Waals surface area contributed by atoms with E-state index in [1.165, 1.54) is 55.5 Å². The van der Waals surface area contributed by atoms with Gasteiger partial charge in [0.2, 0.25) is 0 Å². The molecule has 6 aromatic rings. The molecule has 0 bridgehead atoms. The Labute approximate surface area is 217 Å². The molecule has 0 aliphatic heterocycles. The summed E-state index contributed by atoms with van der Waals surface area (Å²) in [6, 6.07) is 39.1. The van der Waals surface area contributed by atoms with Gasteiger partial charge in [0, 0.05) is 28.8 Å².